The Hall–Kier alpha value is -3.92. The summed E-state index contributed by atoms with van der Waals surface area (Å²) in [6.07, 6.45) is 0.260. The summed E-state index contributed by atoms with van der Waals surface area (Å²) in [4.78, 5) is 43.1. The highest BCUT2D eigenvalue weighted by atomic mass is 32.1. The van der Waals surface area contributed by atoms with Crippen LogP contribution in [0.3, 0.4) is 0 Å². The highest BCUT2D eigenvalue weighted by Gasteiger charge is 2.39. The molecule has 0 bridgehead atoms. The van der Waals surface area contributed by atoms with Gasteiger partial charge in [0.2, 0.25) is 12.7 Å². The van der Waals surface area contributed by atoms with E-state index in [4.69, 9.17) is 9.47 Å². The van der Waals surface area contributed by atoms with Gasteiger partial charge in [0, 0.05) is 17.4 Å². The van der Waals surface area contributed by atoms with Crippen LogP contribution >= 0.6 is 11.3 Å². The van der Waals surface area contributed by atoms with Crippen LogP contribution in [0.1, 0.15) is 18.4 Å². The molecule has 2 aliphatic heterocycles. The van der Waals surface area contributed by atoms with Crippen molar-refractivity contribution < 1.29 is 23.9 Å². The summed E-state index contributed by atoms with van der Waals surface area (Å²) in [5.74, 6) is 0.710. The van der Waals surface area contributed by atoms with Gasteiger partial charge in [-0.05, 0) is 49.2 Å². The van der Waals surface area contributed by atoms with Crippen LogP contribution in [0, 0.1) is 6.92 Å². The van der Waals surface area contributed by atoms with Crippen LogP contribution in [0.15, 0.2) is 47.8 Å². The average Bonchev–Trinajstić information content (AvgIpc) is 3.51. The molecule has 168 valence electrons. The smallest absolute Gasteiger partial charge is 0.329 e. The normalized spacial score (nSPS) is 16.8. The van der Waals surface area contributed by atoms with E-state index in [-0.39, 0.29) is 31.4 Å². The van der Waals surface area contributed by atoms with E-state index in [1.165, 1.54) is 11.3 Å². The number of fused-ring (bicyclic) bond motifs is 1. The Labute approximate surface area is 193 Å². The molecule has 3 heterocycles. The van der Waals surface area contributed by atoms with Gasteiger partial charge in [0.1, 0.15) is 6.04 Å². The van der Waals surface area contributed by atoms with Gasteiger partial charge in [0.15, 0.2) is 16.6 Å². The van der Waals surface area contributed by atoms with Gasteiger partial charge < -0.3 is 20.1 Å². The minimum atomic E-state index is -0.746. The van der Waals surface area contributed by atoms with Crippen LogP contribution < -0.4 is 25.0 Å². The number of carbonyl (C=O) groups is 3. The van der Waals surface area contributed by atoms with Gasteiger partial charge in [-0.25, -0.2) is 14.7 Å². The third kappa shape index (κ3) is 4.24. The zero-order valence-electron chi connectivity index (χ0n) is 17.7. The molecule has 0 unspecified atom stereocenters. The van der Waals surface area contributed by atoms with Crippen molar-refractivity contribution in [1.82, 2.24) is 10.3 Å². The summed E-state index contributed by atoms with van der Waals surface area (Å²) >= 11 is 1.30. The lowest BCUT2D eigenvalue weighted by Crippen LogP contribution is -2.31. The van der Waals surface area contributed by atoms with Crippen molar-refractivity contribution in [3.63, 3.8) is 0 Å². The number of ether oxygens (including phenoxy) is 2. The number of hydrogen-bond acceptors (Lipinski definition) is 7. The van der Waals surface area contributed by atoms with Crippen molar-refractivity contribution in [3.8, 4) is 22.8 Å². The number of carbonyl (C=O) groups excluding carboxylic acids is 3. The Kier molecular flexibility index (Phi) is 5.43. The summed E-state index contributed by atoms with van der Waals surface area (Å²) in [6.45, 7) is 2.09. The molecule has 2 N–H and O–H groups in total. The number of amides is 4. The number of urea groups is 1. The molecular weight excluding hydrogens is 444 g/mol. The maximum absolute atomic E-state index is 12.7. The molecule has 1 fully saturated rings. The third-order valence-electron chi connectivity index (χ3n) is 5.36. The molecule has 9 nitrogen and oxygen atoms in total. The summed E-state index contributed by atoms with van der Waals surface area (Å²) < 4.78 is 10.7. The van der Waals surface area contributed by atoms with E-state index in [0.29, 0.717) is 28.0 Å². The first kappa shape index (κ1) is 21.0. The average molecular weight is 465 g/mol. The van der Waals surface area contributed by atoms with Gasteiger partial charge in [0.05, 0.1) is 11.4 Å². The fourth-order valence-electron chi connectivity index (χ4n) is 3.72. The highest BCUT2D eigenvalue weighted by Crippen LogP contribution is 2.36. The van der Waals surface area contributed by atoms with Gasteiger partial charge in [0.25, 0.3) is 5.91 Å². The molecule has 3 aromatic rings. The van der Waals surface area contributed by atoms with E-state index in [1.807, 2.05) is 36.6 Å². The van der Waals surface area contributed by atoms with Crippen LogP contribution in [0.4, 0.5) is 15.6 Å². The first-order valence-electron chi connectivity index (χ1n) is 10.3. The van der Waals surface area contributed by atoms with Crippen molar-refractivity contribution in [3.05, 3.63) is 53.4 Å². The maximum atomic E-state index is 12.7. The Morgan fingerprint density at radius 2 is 2.06 bits per heavy atom. The van der Waals surface area contributed by atoms with E-state index in [1.54, 1.807) is 18.2 Å². The lowest BCUT2D eigenvalue weighted by molar-refractivity contribution is -0.119. The number of benzene rings is 2. The lowest BCUT2D eigenvalue weighted by atomic mass is 10.1. The van der Waals surface area contributed by atoms with Crippen LogP contribution in [0.2, 0.25) is 0 Å². The standard InChI is InChI=1S/C23H20N4O5S/c1-13-3-2-4-15(9-13)27-21(29)16(25-23(27)30)6-8-20(28)26-22-24-17(11-33-22)14-5-7-18-19(10-14)32-12-31-18/h2-5,7,9-11,16H,6,8,12H2,1H3,(H,25,30)(H,24,26,28)/t16-/m1/s1. The number of aryl methyl sites for hydroxylation is 1. The fraction of sp³-hybridized carbons (Fsp3) is 0.217. The van der Waals surface area contributed by atoms with E-state index in [0.717, 1.165) is 16.0 Å². The molecule has 0 aliphatic carbocycles. The topological polar surface area (TPSA) is 110 Å². The summed E-state index contributed by atoms with van der Waals surface area (Å²) in [6, 6.07) is 11.5. The number of rotatable bonds is 6. The van der Waals surface area contributed by atoms with Crippen LogP contribution in [-0.4, -0.2) is 35.7 Å². The molecule has 0 spiro atoms. The largest absolute Gasteiger partial charge is 0.454 e. The van der Waals surface area contributed by atoms with Gasteiger partial charge in [-0.15, -0.1) is 11.3 Å². The number of imide groups is 1. The van der Waals surface area contributed by atoms with Crippen molar-refractivity contribution in [2.75, 3.05) is 17.0 Å². The highest BCUT2D eigenvalue weighted by molar-refractivity contribution is 7.14. The van der Waals surface area contributed by atoms with Gasteiger partial charge in [-0.1, -0.05) is 12.1 Å². The fourth-order valence-corrected chi connectivity index (χ4v) is 4.45. The van der Waals surface area contributed by atoms with E-state index in [9.17, 15) is 14.4 Å². The predicted molar refractivity (Wildman–Crippen MR) is 123 cm³/mol. The molecular formula is C23H20N4O5S. The molecule has 2 aliphatic rings. The molecule has 1 saturated heterocycles. The number of hydrogen-bond donors (Lipinski definition) is 2. The molecule has 4 amide bonds. The molecule has 1 aromatic heterocycles. The minimum absolute atomic E-state index is 0.0667. The molecule has 33 heavy (non-hydrogen) atoms. The second kappa shape index (κ2) is 8.55. The monoisotopic (exact) mass is 464 g/mol. The lowest BCUT2D eigenvalue weighted by Gasteiger charge is -2.13. The molecule has 1 atom stereocenters. The zero-order chi connectivity index (χ0) is 22.9. The van der Waals surface area contributed by atoms with Crippen molar-refractivity contribution in [1.29, 1.82) is 0 Å². The second-order valence-corrected chi connectivity index (χ2v) is 8.57. The molecule has 2 aromatic carbocycles. The Morgan fingerprint density at radius 3 is 2.91 bits per heavy atom. The predicted octanol–water partition coefficient (Wildman–Crippen LogP) is 3.69. The quantitative estimate of drug-likeness (QED) is 0.539. The first-order valence-corrected chi connectivity index (χ1v) is 11.2. The first-order chi connectivity index (χ1) is 16.0. The summed E-state index contributed by atoms with van der Waals surface area (Å²) in [5, 5.41) is 7.71. The number of thiazole rings is 1. The number of nitrogens with one attached hydrogen (secondary N) is 2. The van der Waals surface area contributed by atoms with Crippen molar-refractivity contribution in [2.24, 2.45) is 0 Å². The number of nitrogens with zero attached hydrogens (tertiary/aromatic N) is 2. The van der Waals surface area contributed by atoms with E-state index in [2.05, 4.69) is 15.6 Å². The summed E-state index contributed by atoms with van der Waals surface area (Å²) in [5.41, 5.74) is 3.02. The zero-order valence-corrected chi connectivity index (χ0v) is 18.5. The Bertz CT molecular complexity index is 1260. The SMILES string of the molecule is Cc1cccc(N2C(=O)N[C@H](CCC(=O)Nc3nc(-c4ccc5c(c4)OCO5)cs3)C2=O)c1. The molecule has 10 heteroatoms. The van der Waals surface area contributed by atoms with Gasteiger partial charge >= 0.3 is 6.03 Å². The van der Waals surface area contributed by atoms with Crippen LogP contribution in [0.25, 0.3) is 11.3 Å². The maximum Gasteiger partial charge on any atom is 0.329 e. The van der Waals surface area contributed by atoms with Crippen molar-refractivity contribution in [2.45, 2.75) is 25.8 Å². The van der Waals surface area contributed by atoms with E-state index < -0.39 is 12.1 Å². The Morgan fingerprint density at radius 1 is 1.21 bits per heavy atom. The van der Waals surface area contributed by atoms with Crippen LogP contribution in [0.5, 0.6) is 11.5 Å². The molecule has 0 radical (unpaired) electrons. The number of anilines is 2. The minimum Gasteiger partial charge on any atom is -0.454 e. The second-order valence-electron chi connectivity index (χ2n) is 7.71. The van der Waals surface area contributed by atoms with Crippen LogP contribution in [-0.2, 0) is 9.59 Å². The third-order valence-corrected chi connectivity index (χ3v) is 6.12. The number of aromatic nitrogens is 1. The van der Waals surface area contributed by atoms with Gasteiger partial charge in [-0.2, -0.15) is 0 Å². The van der Waals surface area contributed by atoms with Gasteiger partial charge in [-0.3, -0.25) is 9.59 Å². The van der Waals surface area contributed by atoms with E-state index >= 15 is 0 Å². The Balaban J connectivity index is 1.18. The molecule has 0 saturated carbocycles. The molecule has 5 rings (SSSR count). The summed E-state index contributed by atoms with van der Waals surface area (Å²) in [7, 11) is 0. The van der Waals surface area contributed by atoms with Crippen molar-refractivity contribution >= 4 is 40.0 Å².